The molecule has 1 amide bonds. The zero-order valence-corrected chi connectivity index (χ0v) is 11.6. The zero-order chi connectivity index (χ0) is 13.1. The number of carboxylic acids is 1. The number of rotatable bonds is 2. The van der Waals surface area contributed by atoms with E-state index < -0.39 is 5.97 Å². The predicted octanol–water partition coefficient (Wildman–Crippen LogP) is 1.84. The smallest absolute Gasteiger partial charge is 0.306 e. The summed E-state index contributed by atoms with van der Waals surface area (Å²) in [5.74, 6) is 1.43. The molecule has 0 bridgehead atoms. The molecule has 0 aromatic rings. The third-order valence-corrected chi connectivity index (χ3v) is 5.27. The number of aliphatic carboxylic acids is 1. The van der Waals surface area contributed by atoms with Gasteiger partial charge in [0.25, 0.3) is 0 Å². The van der Waals surface area contributed by atoms with Crippen molar-refractivity contribution in [1.82, 2.24) is 4.90 Å². The minimum absolute atomic E-state index is 0.0612. The SMILES string of the molecule is CC1CSCCN1C(=O)C1CCC(C(=O)O)CC1. The fourth-order valence-electron chi connectivity index (χ4n) is 2.88. The maximum absolute atomic E-state index is 12.4. The van der Waals surface area contributed by atoms with E-state index in [2.05, 4.69) is 6.92 Å². The van der Waals surface area contributed by atoms with Crippen LogP contribution in [0.5, 0.6) is 0 Å². The first kappa shape index (κ1) is 13.7. The molecule has 1 N–H and O–H groups in total. The first-order valence-electron chi connectivity index (χ1n) is 6.70. The van der Waals surface area contributed by atoms with Crippen molar-refractivity contribution in [1.29, 1.82) is 0 Å². The number of amides is 1. The molecule has 0 aromatic heterocycles. The molecule has 0 radical (unpaired) electrons. The third kappa shape index (κ3) is 2.99. The van der Waals surface area contributed by atoms with Gasteiger partial charge in [-0.05, 0) is 32.6 Å². The van der Waals surface area contributed by atoms with Gasteiger partial charge in [-0.25, -0.2) is 0 Å². The lowest BCUT2D eigenvalue weighted by Crippen LogP contribution is -2.47. The van der Waals surface area contributed by atoms with E-state index in [0.29, 0.717) is 18.9 Å². The highest BCUT2D eigenvalue weighted by Crippen LogP contribution is 2.31. The summed E-state index contributed by atoms with van der Waals surface area (Å²) in [6.07, 6.45) is 2.80. The second kappa shape index (κ2) is 5.95. The topological polar surface area (TPSA) is 57.6 Å². The molecule has 1 heterocycles. The number of hydrogen-bond donors (Lipinski definition) is 1. The summed E-state index contributed by atoms with van der Waals surface area (Å²) < 4.78 is 0. The summed E-state index contributed by atoms with van der Waals surface area (Å²) in [7, 11) is 0. The normalized spacial score (nSPS) is 33.2. The maximum atomic E-state index is 12.4. The first-order valence-corrected chi connectivity index (χ1v) is 7.86. The third-order valence-electron chi connectivity index (χ3n) is 4.08. The van der Waals surface area contributed by atoms with Crippen molar-refractivity contribution < 1.29 is 14.7 Å². The van der Waals surface area contributed by atoms with Crippen LogP contribution in [-0.4, -0.2) is 46.0 Å². The molecule has 102 valence electrons. The van der Waals surface area contributed by atoms with Gasteiger partial charge in [-0.3, -0.25) is 9.59 Å². The van der Waals surface area contributed by atoms with Gasteiger partial charge in [0.2, 0.25) is 5.91 Å². The average Bonchev–Trinajstić information content (AvgIpc) is 2.38. The molecule has 0 spiro atoms. The van der Waals surface area contributed by atoms with Crippen LogP contribution in [0.25, 0.3) is 0 Å². The summed E-state index contributed by atoms with van der Waals surface area (Å²) in [6, 6.07) is 0.327. The molecule has 2 fully saturated rings. The van der Waals surface area contributed by atoms with E-state index in [0.717, 1.165) is 30.9 Å². The van der Waals surface area contributed by atoms with E-state index in [9.17, 15) is 9.59 Å². The van der Waals surface area contributed by atoms with Gasteiger partial charge in [0.15, 0.2) is 0 Å². The Morgan fingerprint density at radius 3 is 2.33 bits per heavy atom. The van der Waals surface area contributed by atoms with Gasteiger partial charge in [-0.2, -0.15) is 11.8 Å². The molecule has 1 aliphatic heterocycles. The lowest BCUT2D eigenvalue weighted by molar-refractivity contribution is -0.146. The number of nitrogens with zero attached hydrogens (tertiary/aromatic N) is 1. The Hall–Kier alpha value is -0.710. The quantitative estimate of drug-likeness (QED) is 0.832. The Morgan fingerprint density at radius 2 is 1.78 bits per heavy atom. The van der Waals surface area contributed by atoms with Gasteiger partial charge in [0.05, 0.1) is 5.92 Å². The standard InChI is InChI=1S/C13H21NO3S/c1-9-8-18-7-6-14(9)12(15)10-2-4-11(5-3-10)13(16)17/h9-11H,2-8H2,1H3,(H,16,17). The van der Waals surface area contributed by atoms with Crippen molar-refractivity contribution in [3.8, 4) is 0 Å². The Kier molecular flexibility index (Phi) is 4.54. The minimum Gasteiger partial charge on any atom is -0.481 e. The molecule has 18 heavy (non-hydrogen) atoms. The summed E-state index contributed by atoms with van der Waals surface area (Å²) in [4.78, 5) is 25.3. The molecule has 1 saturated heterocycles. The highest BCUT2D eigenvalue weighted by molar-refractivity contribution is 7.99. The summed E-state index contributed by atoms with van der Waals surface area (Å²) >= 11 is 1.90. The van der Waals surface area contributed by atoms with Crippen LogP contribution in [0.3, 0.4) is 0 Å². The molecule has 2 aliphatic rings. The molecule has 1 atom stereocenters. The Bertz CT molecular complexity index is 326. The van der Waals surface area contributed by atoms with Crippen molar-refractivity contribution in [3.63, 3.8) is 0 Å². The summed E-state index contributed by atoms with van der Waals surface area (Å²) in [5.41, 5.74) is 0. The van der Waals surface area contributed by atoms with Crippen molar-refractivity contribution in [3.05, 3.63) is 0 Å². The van der Waals surface area contributed by atoms with Crippen molar-refractivity contribution in [2.24, 2.45) is 11.8 Å². The molecule has 2 rings (SSSR count). The van der Waals surface area contributed by atoms with Crippen LogP contribution in [0.15, 0.2) is 0 Å². The fraction of sp³-hybridized carbons (Fsp3) is 0.846. The van der Waals surface area contributed by atoms with Crippen LogP contribution in [0.2, 0.25) is 0 Å². The van der Waals surface area contributed by atoms with Gasteiger partial charge >= 0.3 is 5.97 Å². The molecule has 5 heteroatoms. The van der Waals surface area contributed by atoms with Gasteiger partial charge in [0.1, 0.15) is 0 Å². The number of hydrogen-bond acceptors (Lipinski definition) is 3. The van der Waals surface area contributed by atoms with Crippen molar-refractivity contribution in [2.75, 3.05) is 18.1 Å². The molecule has 0 aromatic carbocycles. The lowest BCUT2D eigenvalue weighted by atomic mass is 9.81. The number of carbonyl (C=O) groups is 2. The largest absolute Gasteiger partial charge is 0.481 e. The molecule has 4 nitrogen and oxygen atoms in total. The van der Waals surface area contributed by atoms with Crippen LogP contribution in [0, 0.1) is 11.8 Å². The van der Waals surface area contributed by atoms with Gasteiger partial charge in [0, 0.05) is 30.0 Å². The van der Waals surface area contributed by atoms with Gasteiger partial charge < -0.3 is 10.0 Å². The van der Waals surface area contributed by atoms with Gasteiger partial charge in [-0.1, -0.05) is 0 Å². The number of thioether (sulfide) groups is 1. The van der Waals surface area contributed by atoms with Crippen molar-refractivity contribution in [2.45, 2.75) is 38.6 Å². The van der Waals surface area contributed by atoms with Crippen LogP contribution in [0.1, 0.15) is 32.6 Å². The second-order valence-electron chi connectivity index (χ2n) is 5.34. The van der Waals surface area contributed by atoms with Crippen LogP contribution in [0.4, 0.5) is 0 Å². The van der Waals surface area contributed by atoms with E-state index >= 15 is 0 Å². The predicted molar refractivity (Wildman–Crippen MR) is 71.6 cm³/mol. The molecule has 1 saturated carbocycles. The van der Waals surface area contributed by atoms with E-state index in [1.807, 2.05) is 16.7 Å². The summed E-state index contributed by atoms with van der Waals surface area (Å²) in [5, 5.41) is 8.96. The van der Waals surface area contributed by atoms with E-state index in [1.165, 1.54) is 0 Å². The van der Waals surface area contributed by atoms with Gasteiger partial charge in [-0.15, -0.1) is 0 Å². The second-order valence-corrected chi connectivity index (χ2v) is 6.49. The Balaban J connectivity index is 1.88. The van der Waals surface area contributed by atoms with Crippen LogP contribution in [-0.2, 0) is 9.59 Å². The highest BCUT2D eigenvalue weighted by Gasteiger charge is 2.34. The molecule has 1 aliphatic carbocycles. The van der Waals surface area contributed by atoms with E-state index in [-0.39, 0.29) is 17.7 Å². The molecular formula is C13H21NO3S. The molecular weight excluding hydrogens is 250 g/mol. The highest BCUT2D eigenvalue weighted by atomic mass is 32.2. The minimum atomic E-state index is -0.705. The molecule has 1 unspecified atom stereocenters. The van der Waals surface area contributed by atoms with E-state index in [1.54, 1.807) is 0 Å². The van der Waals surface area contributed by atoms with Crippen molar-refractivity contribution >= 4 is 23.6 Å². The monoisotopic (exact) mass is 271 g/mol. The lowest BCUT2D eigenvalue weighted by Gasteiger charge is -2.37. The summed E-state index contributed by atoms with van der Waals surface area (Å²) in [6.45, 7) is 2.95. The zero-order valence-electron chi connectivity index (χ0n) is 10.8. The first-order chi connectivity index (χ1) is 8.59. The van der Waals surface area contributed by atoms with Crippen LogP contribution < -0.4 is 0 Å². The number of carboxylic acid groups (broad SMARTS) is 1. The average molecular weight is 271 g/mol. The van der Waals surface area contributed by atoms with E-state index in [4.69, 9.17) is 5.11 Å². The van der Waals surface area contributed by atoms with Crippen LogP contribution >= 0.6 is 11.8 Å². The number of carbonyl (C=O) groups excluding carboxylic acids is 1. The maximum Gasteiger partial charge on any atom is 0.306 e. The Labute approximate surface area is 112 Å². The fourth-order valence-corrected chi connectivity index (χ4v) is 3.89. The Morgan fingerprint density at radius 1 is 1.17 bits per heavy atom.